The van der Waals surface area contributed by atoms with Crippen LogP contribution < -0.4 is 9.47 Å². The summed E-state index contributed by atoms with van der Waals surface area (Å²) in [6.07, 6.45) is 8.87. The van der Waals surface area contributed by atoms with Crippen molar-refractivity contribution in [3.8, 4) is 33.8 Å². The number of aliphatic hydroxyl groups is 2. The molecule has 0 aliphatic heterocycles. The minimum absolute atomic E-state index is 0.0200. The number of hydrogen-bond acceptors (Lipinski definition) is 7. The Balaban J connectivity index is 1.39. The summed E-state index contributed by atoms with van der Waals surface area (Å²) in [4.78, 5) is 23.6. The fourth-order valence-corrected chi connectivity index (χ4v) is 5.54. The van der Waals surface area contributed by atoms with E-state index in [-0.39, 0.29) is 25.4 Å². The Morgan fingerprint density at radius 3 is 1.94 bits per heavy atom. The first-order chi connectivity index (χ1) is 24.3. The Kier molecular flexibility index (Phi) is 15.3. The second-order valence-corrected chi connectivity index (χ2v) is 12.7. The summed E-state index contributed by atoms with van der Waals surface area (Å²) >= 11 is 0. The highest BCUT2D eigenvalue weighted by atomic mass is 16.6. The third-order valence-corrected chi connectivity index (χ3v) is 8.69. The zero-order chi connectivity index (χ0) is 35.7. The highest BCUT2D eigenvalue weighted by molar-refractivity contribution is 5.87. The molecule has 0 spiro atoms. The van der Waals surface area contributed by atoms with Crippen LogP contribution in [0.25, 0.3) is 22.3 Å². The maximum Gasteiger partial charge on any atom is 0.335 e. The average Bonchev–Trinajstić information content (AvgIpc) is 3.15. The Hall–Kier alpha value is -4.72. The van der Waals surface area contributed by atoms with E-state index in [1.165, 1.54) is 53.5 Å². The summed E-state index contributed by atoms with van der Waals surface area (Å²) in [6, 6.07) is 31.1. The molecule has 7 nitrogen and oxygen atoms in total. The lowest BCUT2D eigenvalue weighted by atomic mass is 9.91. The summed E-state index contributed by atoms with van der Waals surface area (Å²) < 4.78 is 16.1. The van der Waals surface area contributed by atoms with E-state index < -0.39 is 24.5 Å². The van der Waals surface area contributed by atoms with Crippen molar-refractivity contribution in [1.29, 1.82) is 0 Å². The van der Waals surface area contributed by atoms with Crippen LogP contribution in [0.3, 0.4) is 0 Å². The molecule has 0 radical (unpaired) electrons. The lowest BCUT2D eigenvalue weighted by Gasteiger charge is -2.14. The van der Waals surface area contributed by atoms with Crippen LogP contribution >= 0.6 is 0 Å². The molecular formula is C43H50O7. The first-order valence-corrected chi connectivity index (χ1v) is 17.6. The van der Waals surface area contributed by atoms with Crippen LogP contribution in [0.4, 0.5) is 0 Å². The van der Waals surface area contributed by atoms with E-state index in [0.717, 1.165) is 36.8 Å². The molecule has 50 heavy (non-hydrogen) atoms. The number of aryl methyl sites for hydroxylation is 3. The van der Waals surface area contributed by atoms with Crippen molar-refractivity contribution in [2.24, 2.45) is 5.92 Å². The van der Waals surface area contributed by atoms with Crippen LogP contribution in [0.1, 0.15) is 62.6 Å². The van der Waals surface area contributed by atoms with Gasteiger partial charge in [0.1, 0.15) is 24.7 Å². The number of ether oxygens (including phenoxy) is 3. The van der Waals surface area contributed by atoms with Crippen molar-refractivity contribution in [2.75, 3.05) is 26.4 Å². The second-order valence-electron chi connectivity index (χ2n) is 12.7. The third kappa shape index (κ3) is 11.7. The Bertz CT molecular complexity index is 1660. The first-order valence-electron chi connectivity index (χ1n) is 17.6. The molecule has 0 aliphatic rings. The van der Waals surface area contributed by atoms with Gasteiger partial charge in [0.2, 0.25) is 0 Å². The lowest BCUT2D eigenvalue weighted by Crippen LogP contribution is -2.20. The number of rotatable bonds is 20. The normalized spacial score (nSPS) is 11.5. The smallest absolute Gasteiger partial charge is 0.335 e. The maximum absolute atomic E-state index is 11.9. The summed E-state index contributed by atoms with van der Waals surface area (Å²) in [5, 5.41) is 18.1. The van der Waals surface area contributed by atoms with Gasteiger partial charge in [-0.1, -0.05) is 106 Å². The predicted molar refractivity (Wildman–Crippen MR) is 198 cm³/mol. The summed E-state index contributed by atoms with van der Waals surface area (Å²) in [5.41, 5.74) is 8.48. The molecule has 0 aromatic heterocycles. The molecule has 0 saturated heterocycles. The van der Waals surface area contributed by atoms with Gasteiger partial charge in [-0.2, -0.15) is 0 Å². The van der Waals surface area contributed by atoms with Crippen molar-refractivity contribution in [2.45, 2.75) is 65.2 Å². The molecule has 2 N–H and O–H groups in total. The molecule has 0 aliphatic carbocycles. The summed E-state index contributed by atoms with van der Waals surface area (Å²) in [7, 11) is 0. The lowest BCUT2D eigenvalue weighted by molar-refractivity contribution is -0.140. The monoisotopic (exact) mass is 678 g/mol. The minimum atomic E-state index is -0.621. The van der Waals surface area contributed by atoms with E-state index in [1.54, 1.807) is 19.1 Å². The van der Waals surface area contributed by atoms with Gasteiger partial charge in [-0.25, -0.2) is 4.79 Å². The Labute approximate surface area is 296 Å². The van der Waals surface area contributed by atoms with Crippen LogP contribution in [0, 0.1) is 5.92 Å². The first kappa shape index (κ1) is 38.1. The van der Waals surface area contributed by atoms with Crippen molar-refractivity contribution in [3.63, 3.8) is 0 Å². The molecule has 1 unspecified atom stereocenters. The van der Waals surface area contributed by atoms with Gasteiger partial charge in [0.05, 0.1) is 24.7 Å². The summed E-state index contributed by atoms with van der Waals surface area (Å²) in [5.74, 6) is -0.425. The number of hydrogen-bond donors (Lipinski definition) is 2. The van der Waals surface area contributed by atoms with Gasteiger partial charge in [-0.05, 0) is 95.8 Å². The number of carbonyl (C=O) groups excluding carboxylic acids is 2. The highest BCUT2D eigenvalue weighted by Gasteiger charge is 2.14. The van der Waals surface area contributed by atoms with E-state index >= 15 is 0 Å². The zero-order valence-corrected chi connectivity index (χ0v) is 29.4. The number of aliphatic hydroxyl groups excluding tert-OH is 2. The Morgan fingerprint density at radius 2 is 1.30 bits per heavy atom. The van der Waals surface area contributed by atoms with E-state index in [2.05, 4.69) is 68.1 Å². The van der Waals surface area contributed by atoms with Crippen molar-refractivity contribution in [3.05, 3.63) is 120 Å². The number of unbranched alkanes of at least 4 members (excludes halogenated alkanes) is 4. The van der Waals surface area contributed by atoms with Gasteiger partial charge in [0.15, 0.2) is 0 Å². The topological polar surface area (TPSA) is 102 Å². The molecule has 4 aromatic carbocycles. The van der Waals surface area contributed by atoms with Crippen molar-refractivity contribution < 1.29 is 34.0 Å². The maximum atomic E-state index is 11.9. The predicted octanol–water partition coefficient (Wildman–Crippen LogP) is 8.32. The van der Waals surface area contributed by atoms with Gasteiger partial charge in [-0.15, -0.1) is 0 Å². The molecular weight excluding hydrogens is 628 g/mol. The van der Waals surface area contributed by atoms with Crippen molar-refractivity contribution in [1.82, 2.24) is 0 Å². The molecule has 7 heteroatoms. The van der Waals surface area contributed by atoms with E-state index in [4.69, 9.17) is 24.4 Å². The van der Waals surface area contributed by atoms with Crippen LogP contribution in [0.15, 0.2) is 103 Å². The quantitative estimate of drug-likeness (QED) is 0.0420. The van der Waals surface area contributed by atoms with Gasteiger partial charge in [0, 0.05) is 0 Å². The van der Waals surface area contributed by atoms with E-state index in [1.807, 2.05) is 24.3 Å². The van der Waals surface area contributed by atoms with Gasteiger partial charge >= 0.3 is 11.9 Å². The van der Waals surface area contributed by atoms with Gasteiger partial charge in [-0.3, -0.25) is 4.79 Å². The molecule has 0 amide bonds. The minimum Gasteiger partial charge on any atom is -0.490 e. The van der Waals surface area contributed by atoms with Crippen molar-refractivity contribution >= 4 is 11.9 Å². The largest absolute Gasteiger partial charge is 0.490 e. The molecule has 4 aromatic rings. The Morgan fingerprint density at radius 1 is 0.700 bits per heavy atom. The SMILES string of the molecule is C=C(CO)C(=O)OCCOc1ccc(-c2ccc(-c3ccc(CCc4ccc(OC(=O)C(C)CO)cc4)cc3)cc2CCCCCCC)cc1. The zero-order valence-electron chi connectivity index (χ0n) is 29.4. The van der Waals surface area contributed by atoms with E-state index in [0.29, 0.717) is 11.5 Å². The van der Waals surface area contributed by atoms with Crippen LogP contribution in [-0.2, 0) is 33.6 Å². The highest BCUT2D eigenvalue weighted by Crippen LogP contribution is 2.32. The molecule has 0 bridgehead atoms. The van der Waals surface area contributed by atoms with E-state index in [9.17, 15) is 9.59 Å². The summed E-state index contributed by atoms with van der Waals surface area (Å²) in [6.45, 7) is 6.95. The number of esters is 2. The van der Waals surface area contributed by atoms with Gasteiger partial charge in [0.25, 0.3) is 0 Å². The molecule has 1 atom stereocenters. The standard InChI is InChI=1S/C43H50O7/c1-4-5-6-7-8-9-38-28-37(20-25-41(38)36-18-23-39(24-19-36)48-26-27-49-42(46)31(2)29-44)35-16-12-33(13-17-35)10-11-34-14-21-40(22-15-34)50-43(47)32(3)30-45/h12-25,28,32,44-45H,2,4-11,26-27,29-30H2,1,3H3. The molecule has 264 valence electrons. The average molecular weight is 679 g/mol. The fourth-order valence-electron chi connectivity index (χ4n) is 5.54. The number of carbonyl (C=O) groups is 2. The van der Waals surface area contributed by atoms with Gasteiger partial charge < -0.3 is 24.4 Å². The number of benzene rings is 4. The van der Waals surface area contributed by atoms with Crippen LogP contribution in [-0.4, -0.2) is 48.6 Å². The molecule has 0 heterocycles. The van der Waals surface area contributed by atoms with Crippen LogP contribution in [0.2, 0.25) is 0 Å². The fraction of sp³-hybridized carbons (Fsp3) is 0.349. The second kappa shape index (κ2) is 20.1. The molecule has 4 rings (SSSR count). The molecule has 0 saturated carbocycles. The molecule has 0 fully saturated rings. The van der Waals surface area contributed by atoms with Crippen LogP contribution in [0.5, 0.6) is 11.5 Å². The third-order valence-electron chi connectivity index (χ3n) is 8.69.